The van der Waals surface area contributed by atoms with E-state index >= 15 is 0 Å². The first-order chi connectivity index (χ1) is 11.6. The average molecular weight is 367 g/mol. The van der Waals surface area contributed by atoms with Crippen molar-refractivity contribution in [3.05, 3.63) is 35.9 Å². The summed E-state index contributed by atoms with van der Waals surface area (Å²) < 4.78 is 69.6. The van der Waals surface area contributed by atoms with Crippen molar-refractivity contribution in [2.75, 3.05) is 6.54 Å². The number of aliphatic carboxylic acids is 1. The van der Waals surface area contributed by atoms with E-state index in [1.807, 2.05) is 0 Å². The van der Waals surface area contributed by atoms with E-state index in [1.165, 1.54) is 0 Å². The summed E-state index contributed by atoms with van der Waals surface area (Å²) in [6, 6.07) is 5.90. The predicted octanol–water partition coefficient (Wildman–Crippen LogP) is 3.30. The molecule has 2 rings (SSSR count). The summed E-state index contributed by atoms with van der Waals surface area (Å²) in [4.78, 5) is 23.6. The number of halogens is 5. The smallest absolute Gasteiger partial charge is 0.453 e. The Hall–Kier alpha value is -2.39. The summed E-state index contributed by atoms with van der Waals surface area (Å²) in [6.45, 7) is -0.830. The van der Waals surface area contributed by atoms with E-state index in [9.17, 15) is 31.5 Å². The van der Waals surface area contributed by atoms with Crippen LogP contribution in [-0.2, 0) is 16.1 Å². The highest BCUT2D eigenvalue weighted by Gasteiger charge is 2.67. The summed E-state index contributed by atoms with van der Waals surface area (Å²) in [5.74, 6) is -9.75. The molecule has 10 heteroatoms. The number of rotatable bonds is 4. The minimum Gasteiger partial charge on any atom is -0.480 e. The molecule has 1 N–H and O–H groups in total. The van der Waals surface area contributed by atoms with Crippen LogP contribution in [-0.4, -0.2) is 46.8 Å². The van der Waals surface area contributed by atoms with Gasteiger partial charge in [-0.05, 0) is 12.0 Å². The van der Waals surface area contributed by atoms with Crippen molar-refractivity contribution in [3.63, 3.8) is 0 Å². The van der Waals surface area contributed by atoms with E-state index in [4.69, 9.17) is 9.84 Å². The van der Waals surface area contributed by atoms with Gasteiger partial charge in [-0.2, -0.15) is 22.0 Å². The molecule has 2 atom stereocenters. The fourth-order valence-electron chi connectivity index (χ4n) is 2.69. The molecule has 0 radical (unpaired) electrons. The summed E-state index contributed by atoms with van der Waals surface area (Å²) in [5, 5.41) is 9.07. The molecule has 1 aromatic rings. The summed E-state index contributed by atoms with van der Waals surface area (Å²) in [5.41, 5.74) is 0.555. The molecule has 1 heterocycles. The molecule has 0 aromatic heterocycles. The Morgan fingerprint density at radius 3 is 2.28 bits per heavy atom. The number of hydrogen-bond donors (Lipinski definition) is 1. The van der Waals surface area contributed by atoms with Crippen LogP contribution in [0.15, 0.2) is 30.3 Å². The van der Waals surface area contributed by atoms with E-state index in [1.54, 1.807) is 30.3 Å². The highest BCUT2D eigenvalue weighted by Crippen LogP contribution is 2.47. The standard InChI is InChI=1S/C15H14F5NO4/c16-14(17,15(18,19)20)10-6-7-21(11(10)12(22)23)13(24)25-8-9-4-2-1-3-5-9/h1-5,10-11H,6-8H2,(H,22,23)/t10-,11-/m0/s1. The molecule has 1 saturated heterocycles. The van der Waals surface area contributed by atoms with E-state index in [2.05, 4.69) is 0 Å². The van der Waals surface area contributed by atoms with Crippen LogP contribution in [0.5, 0.6) is 0 Å². The largest absolute Gasteiger partial charge is 0.480 e. The zero-order valence-electron chi connectivity index (χ0n) is 12.7. The van der Waals surface area contributed by atoms with Gasteiger partial charge in [0.25, 0.3) is 0 Å². The van der Waals surface area contributed by atoms with Crippen LogP contribution in [0.2, 0.25) is 0 Å². The lowest BCUT2D eigenvalue weighted by molar-refractivity contribution is -0.303. The number of amides is 1. The monoisotopic (exact) mass is 367 g/mol. The first-order valence-electron chi connectivity index (χ1n) is 7.20. The zero-order valence-corrected chi connectivity index (χ0v) is 12.7. The quantitative estimate of drug-likeness (QED) is 0.830. The molecule has 1 aromatic carbocycles. The molecule has 5 nitrogen and oxygen atoms in total. The SMILES string of the molecule is O=C(O)[C@@H]1[C@@H](C(F)(F)C(F)(F)F)CCN1C(=O)OCc1ccccc1. The van der Waals surface area contributed by atoms with Crippen LogP contribution >= 0.6 is 0 Å². The second kappa shape index (κ2) is 6.85. The van der Waals surface area contributed by atoms with Crippen LogP contribution < -0.4 is 0 Å². The number of nitrogens with zero attached hydrogens (tertiary/aromatic N) is 1. The zero-order chi connectivity index (χ0) is 18.8. The lowest BCUT2D eigenvalue weighted by Gasteiger charge is -2.30. The minimum atomic E-state index is -5.91. The Balaban J connectivity index is 2.13. The van der Waals surface area contributed by atoms with Crippen LogP contribution in [0.1, 0.15) is 12.0 Å². The maximum Gasteiger partial charge on any atom is 0.453 e. The molecule has 0 bridgehead atoms. The molecule has 25 heavy (non-hydrogen) atoms. The summed E-state index contributed by atoms with van der Waals surface area (Å²) >= 11 is 0. The number of carboxylic acid groups (broad SMARTS) is 1. The van der Waals surface area contributed by atoms with Crippen molar-refractivity contribution in [1.82, 2.24) is 4.90 Å². The fourth-order valence-corrected chi connectivity index (χ4v) is 2.69. The van der Waals surface area contributed by atoms with Gasteiger partial charge in [-0.15, -0.1) is 0 Å². The number of ether oxygens (including phenoxy) is 1. The first kappa shape index (κ1) is 18.9. The lowest BCUT2D eigenvalue weighted by atomic mass is 9.92. The van der Waals surface area contributed by atoms with Crippen molar-refractivity contribution in [1.29, 1.82) is 0 Å². The highest BCUT2D eigenvalue weighted by atomic mass is 19.4. The van der Waals surface area contributed by atoms with Gasteiger partial charge < -0.3 is 9.84 Å². The third kappa shape index (κ3) is 3.83. The lowest BCUT2D eigenvalue weighted by Crippen LogP contribution is -2.52. The Bertz CT molecular complexity index is 635. The molecule has 0 aliphatic carbocycles. The molecule has 1 fully saturated rings. The Kier molecular flexibility index (Phi) is 5.19. The van der Waals surface area contributed by atoms with Crippen molar-refractivity contribution >= 4 is 12.1 Å². The van der Waals surface area contributed by atoms with E-state index in [0.717, 1.165) is 0 Å². The third-order valence-electron chi connectivity index (χ3n) is 3.93. The number of carboxylic acids is 1. The van der Waals surface area contributed by atoms with Crippen molar-refractivity contribution in [2.45, 2.75) is 31.2 Å². The van der Waals surface area contributed by atoms with Gasteiger partial charge in [-0.1, -0.05) is 30.3 Å². The molecule has 138 valence electrons. The van der Waals surface area contributed by atoms with Crippen molar-refractivity contribution in [2.24, 2.45) is 5.92 Å². The number of benzene rings is 1. The Labute approximate surface area is 139 Å². The molecule has 1 aliphatic heterocycles. The summed E-state index contributed by atoms with van der Waals surface area (Å²) in [7, 11) is 0. The molecule has 0 unspecified atom stereocenters. The van der Waals surface area contributed by atoms with E-state index in [-0.39, 0.29) is 6.61 Å². The summed E-state index contributed by atoms with van der Waals surface area (Å²) in [6.07, 6.45) is -7.96. The predicted molar refractivity (Wildman–Crippen MR) is 73.9 cm³/mol. The van der Waals surface area contributed by atoms with Gasteiger partial charge in [0.15, 0.2) is 0 Å². The molecular weight excluding hydrogens is 353 g/mol. The number of carbonyl (C=O) groups excluding carboxylic acids is 1. The minimum absolute atomic E-state index is 0.261. The molecule has 0 saturated carbocycles. The normalized spacial score (nSPS) is 21.2. The van der Waals surface area contributed by atoms with Gasteiger partial charge in [0, 0.05) is 6.54 Å². The number of alkyl halides is 5. The first-order valence-corrected chi connectivity index (χ1v) is 7.20. The van der Waals surface area contributed by atoms with Crippen LogP contribution in [0.4, 0.5) is 26.7 Å². The maximum atomic E-state index is 13.6. The second-order valence-electron chi connectivity index (χ2n) is 5.53. The highest BCUT2D eigenvalue weighted by molar-refractivity contribution is 5.81. The van der Waals surface area contributed by atoms with E-state index < -0.39 is 49.1 Å². The number of carbonyl (C=O) groups is 2. The Morgan fingerprint density at radius 1 is 1.16 bits per heavy atom. The molecule has 1 aliphatic rings. The second-order valence-corrected chi connectivity index (χ2v) is 5.53. The topological polar surface area (TPSA) is 66.8 Å². The molecule has 0 spiro atoms. The van der Waals surface area contributed by atoms with Gasteiger partial charge in [0.2, 0.25) is 0 Å². The molecule has 1 amide bonds. The van der Waals surface area contributed by atoms with Gasteiger partial charge >= 0.3 is 24.2 Å². The van der Waals surface area contributed by atoms with Gasteiger partial charge in [-0.25, -0.2) is 9.59 Å². The van der Waals surface area contributed by atoms with Gasteiger partial charge in [-0.3, -0.25) is 4.90 Å². The third-order valence-corrected chi connectivity index (χ3v) is 3.93. The fraction of sp³-hybridized carbons (Fsp3) is 0.467. The van der Waals surface area contributed by atoms with Crippen molar-refractivity contribution in [3.8, 4) is 0 Å². The van der Waals surface area contributed by atoms with Gasteiger partial charge in [0.1, 0.15) is 12.6 Å². The van der Waals surface area contributed by atoms with Crippen molar-refractivity contribution < 1.29 is 41.4 Å². The van der Waals surface area contributed by atoms with Crippen LogP contribution in [0.25, 0.3) is 0 Å². The Morgan fingerprint density at radius 2 is 1.76 bits per heavy atom. The number of likely N-dealkylation sites (tertiary alicyclic amines) is 1. The van der Waals surface area contributed by atoms with Gasteiger partial charge in [0.05, 0.1) is 5.92 Å². The number of hydrogen-bond acceptors (Lipinski definition) is 3. The van der Waals surface area contributed by atoms with Crippen LogP contribution in [0, 0.1) is 5.92 Å². The van der Waals surface area contributed by atoms with E-state index in [0.29, 0.717) is 10.5 Å². The average Bonchev–Trinajstić information content (AvgIpc) is 2.98. The van der Waals surface area contributed by atoms with Crippen LogP contribution in [0.3, 0.4) is 0 Å². The maximum absolute atomic E-state index is 13.6. The molecular formula is C15H14F5NO4.